The number of carbonyl (C=O) groups excluding carboxylic acids is 1. The summed E-state index contributed by atoms with van der Waals surface area (Å²) in [5, 5.41) is 13.5. The summed E-state index contributed by atoms with van der Waals surface area (Å²) in [7, 11) is 1.40. The first-order chi connectivity index (χ1) is 9.46. The van der Waals surface area contributed by atoms with E-state index in [1.807, 2.05) is 0 Å². The molecule has 1 unspecified atom stereocenters. The van der Waals surface area contributed by atoms with Gasteiger partial charge >= 0.3 is 0 Å². The van der Waals surface area contributed by atoms with E-state index in [9.17, 15) is 14.9 Å². The standard InChI is InChI=1S/C12H15N3O5/c1-19-8-2-3-9(10(6-8)15(17)18)14-11(16)12(13)4-5-20-7-12/h2-3,6H,4-5,7,13H2,1H3,(H,14,16). The van der Waals surface area contributed by atoms with Gasteiger partial charge in [-0.2, -0.15) is 0 Å². The molecule has 0 bridgehead atoms. The second-order valence-electron chi connectivity index (χ2n) is 4.55. The fourth-order valence-electron chi connectivity index (χ4n) is 1.90. The molecule has 8 nitrogen and oxygen atoms in total. The molecule has 1 atom stereocenters. The molecule has 1 aromatic carbocycles. The van der Waals surface area contributed by atoms with E-state index in [0.717, 1.165) is 0 Å². The van der Waals surface area contributed by atoms with Gasteiger partial charge in [-0.05, 0) is 18.6 Å². The zero-order valence-electron chi connectivity index (χ0n) is 10.9. The molecule has 1 heterocycles. The number of anilines is 1. The lowest BCUT2D eigenvalue weighted by Gasteiger charge is -2.20. The number of ether oxygens (including phenoxy) is 2. The van der Waals surface area contributed by atoms with Crippen molar-refractivity contribution in [2.75, 3.05) is 25.6 Å². The van der Waals surface area contributed by atoms with Crippen molar-refractivity contribution < 1.29 is 19.2 Å². The summed E-state index contributed by atoms with van der Waals surface area (Å²) in [4.78, 5) is 22.5. The van der Waals surface area contributed by atoms with Gasteiger partial charge in [-0.3, -0.25) is 14.9 Å². The lowest BCUT2D eigenvalue weighted by atomic mass is 9.99. The van der Waals surface area contributed by atoms with Crippen molar-refractivity contribution in [3.8, 4) is 5.75 Å². The Kier molecular flexibility index (Phi) is 3.86. The molecule has 1 saturated heterocycles. The molecular weight excluding hydrogens is 266 g/mol. The van der Waals surface area contributed by atoms with Gasteiger partial charge in [0.05, 0.1) is 24.7 Å². The molecule has 0 aliphatic carbocycles. The number of hydrogen-bond acceptors (Lipinski definition) is 6. The number of nitrogens with two attached hydrogens (primary N) is 1. The number of hydrogen-bond donors (Lipinski definition) is 2. The second kappa shape index (κ2) is 5.43. The van der Waals surface area contributed by atoms with E-state index in [1.165, 1.54) is 25.3 Å². The fourth-order valence-corrected chi connectivity index (χ4v) is 1.90. The van der Waals surface area contributed by atoms with E-state index in [-0.39, 0.29) is 18.0 Å². The summed E-state index contributed by atoms with van der Waals surface area (Å²) in [5.74, 6) is -0.162. The van der Waals surface area contributed by atoms with Crippen LogP contribution in [0.2, 0.25) is 0 Å². The summed E-state index contributed by atoms with van der Waals surface area (Å²) < 4.78 is 10.0. The number of benzene rings is 1. The van der Waals surface area contributed by atoms with Crippen LogP contribution in [0.3, 0.4) is 0 Å². The molecule has 20 heavy (non-hydrogen) atoms. The van der Waals surface area contributed by atoms with Crippen molar-refractivity contribution in [2.24, 2.45) is 5.73 Å². The van der Waals surface area contributed by atoms with Gasteiger partial charge in [0.15, 0.2) is 0 Å². The molecule has 1 aromatic rings. The molecule has 0 radical (unpaired) electrons. The van der Waals surface area contributed by atoms with E-state index in [0.29, 0.717) is 18.8 Å². The normalized spacial score (nSPS) is 21.5. The third-order valence-corrected chi connectivity index (χ3v) is 3.15. The molecule has 1 amide bonds. The van der Waals surface area contributed by atoms with Gasteiger partial charge in [0, 0.05) is 6.61 Å². The predicted octanol–water partition coefficient (Wildman–Crippen LogP) is 0.660. The average Bonchev–Trinajstić information content (AvgIpc) is 2.87. The topological polar surface area (TPSA) is 117 Å². The van der Waals surface area contributed by atoms with Gasteiger partial charge in [0.1, 0.15) is 17.0 Å². The quantitative estimate of drug-likeness (QED) is 0.618. The molecule has 3 N–H and O–H groups in total. The Morgan fingerprint density at radius 3 is 2.90 bits per heavy atom. The van der Waals surface area contributed by atoms with Crippen molar-refractivity contribution in [3.05, 3.63) is 28.3 Å². The number of carbonyl (C=O) groups is 1. The van der Waals surface area contributed by atoms with Gasteiger partial charge in [-0.15, -0.1) is 0 Å². The van der Waals surface area contributed by atoms with Crippen LogP contribution in [0, 0.1) is 10.1 Å². The highest BCUT2D eigenvalue weighted by Crippen LogP contribution is 2.30. The van der Waals surface area contributed by atoms with Gasteiger partial charge in [-0.25, -0.2) is 0 Å². The van der Waals surface area contributed by atoms with Crippen molar-refractivity contribution in [3.63, 3.8) is 0 Å². The first-order valence-corrected chi connectivity index (χ1v) is 5.97. The first kappa shape index (κ1) is 14.2. The van der Waals surface area contributed by atoms with Crippen molar-refractivity contribution >= 4 is 17.3 Å². The van der Waals surface area contributed by atoms with Crippen LogP contribution in [-0.4, -0.2) is 36.7 Å². The number of nitrogens with zero attached hydrogens (tertiary/aromatic N) is 1. The summed E-state index contributed by atoms with van der Waals surface area (Å²) in [6, 6.07) is 4.18. The smallest absolute Gasteiger partial charge is 0.296 e. The first-order valence-electron chi connectivity index (χ1n) is 5.97. The van der Waals surface area contributed by atoms with E-state index in [4.69, 9.17) is 15.2 Å². The Morgan fingerprint density at radius 2 is 2.35 bits per heavy atom. The molecule has 2 rings (SSSR count). The Bertz CT molecular complexity index is 540. The molecule has 0 saturated carbocycles. The maximum atomic E-state index is 12.1. The number of amides is 1. The average molecular weight is 281 g/mol. The number of nitro benzene ring substituents is 1. The van der Waals surface area contributed by atoms with Crippen LogP contribution >= 0.6 is 0 Å². The van der Waals surface area contributed by atoms with Crippen LogP contribution in [-0.2, 0) is 9.53 Å². The molecule has 8 heteroatoms. The molecule has 1 fully saturated rings. The van der Waals surface area contributed by atoms with Crippen LogP contribution in [0.5, 0.6) is 5.75 Å². The second-order valence-corrected chi connectivity index (χ2v) is 4.55. The summed E-state index contributed by atoms with van der Waals surface area (Å²) in [6.45, 7) is 0.497. The minimum atomic E-state index is -1.15. The van der Waals surface area contributed by atoms with Gasteiger partial charge in [-0.1, -0.05) is 0 Å². The van der Waals surface area contributed by atoms with Crippen molar-refractivity contribution in [1.82, 2.24) is 0 Å². The molecule has 1 aliphatic heterocycles. The van der Waals surface area contributed by atoms with Gasteiger partial charge in [0.25, 0.3) is 5.69 Å². The molecular formula is C12H15N3O5. The lowest BCUT2D eigenvalue weighted by molar-refractivity contribution is -0.384. The highest BCUT2D eigenvalue weighted by Gasteiger charge is 2.39. The fraction of sp³-hybridized carbons (Fsp3) is 0.417. The SMILES string of the molecule is COc1ccc(NC(=O)C2(N)CCOC2)c([N+](=O)[O-])c1. The third kappa shape index (κ3) is 2.70. The van der Waals surface area contributed by atoms with E-state index < -0.39 is 16.4 Å². The monoisotopic (exact) mass is 281 g/mol. The summed E-state index contributed by atoms with van der Waals surface area (Å²) in [5.41, 5.74) is 4.59. The molecule has 1 aliphatic rings. The van der Waals surface area contributed by atoms with Gasteiger partial charge < -0.3 is 20.5 Å². The Hall–Kier alpha value is -2.19. The van der Waals surface area contributed by atoms with Crippen molar-refractivity contribution in [2.45, 2.75) is 12.0 Å². The lowest BCUT2D eigenvalue weighted by Crippen LogP contribution is -2.51. The number of rotatable bonds is 4. The zero-order valence-corrected chi connectivity index (χ0v) is 10.9. The summed E-state index contributed by atoms with van der Waals surface area (Å²) in [6.07, 6.45) is 0.378. The molecule has 0 aromatic heterocycles. The number of methoxy groups -OCH3 is 1. The van der Waals surface area contributed by atoms with Crippen LogP contribution in [0.25, 0.3) is 0 Å². The van der Waals surface area contributed by atoms with E-state index >= 15 is 0 Å². The minimum absolute atomic E-state index is 0.0810. The molecule has 108 valence electrons. The number of nitrogens with one attached hydrogen (secondary N) is 1. The highest BCUT2D eigenvalue weighted by molar-refractivity contribution is 6.00. The van der Waals surface area contributed by atoms with Crippen LogP contribution < -0.4 is 15.8 Å². The minimum Gasteiger partial charge on any atom is -0.496 e. The van der Waals surface area contributed by atoms with Crippen LogP contribution in [0.1, 0.15) is 6.42 Å². The third-order valence-electron chi connectivity index (χ3n) is 3.15. The maximum absolute atomic E-state index is 12.1. The van der Waals surface area contributed by atoms with Crippen LogP contribution in [0.15, 0.2) is 18.2 Å². The number of nitro groups is 1. The Labute approximate surface area is 115 Å². The van der Waals surface area contributed by atoms with Crippen LogP contribution in [0.4, 0.5) is 11.4 Å². The Morgan fingerprint density at radius 1 is 1.60 bits per heavy atom. The zero-order chi connectivity index (χ0) is 14.8. The predicted molar refractivity (Wildman–Crippen MR) is 70.6 cm³/mol. The maximum Gasteiger partial charge on any atom is 0.296 e. The molecule has 0 spiro atoms. The van der Waals surface area contributed by atoms with Crippen molar-refractivity contribution in [1.29, 1.82) is 0 Å². The summed E-state index contributed by atoms with van der Waals surface area (Å²) >= 11 is 0. The van der Waals surface area contributed by atoms with E-state index in [1.54, 1.807) is 0 Å². The van der Waals surface area contributed by atoms with Gasteiger partial charge in [0.2, 0.25) is 5.91 Å². The largest absolute Gasteiger partial charge is 0.496 e. The highest BCUT2D eigenvalue weighted by atomic mass is 16.6. The Balaban J connectivity index is 2.24. The van der Waals surface area contributed by atoms with E-state index in [2.05, 4.69) is 5.32 Å².